The van der Waals surface area contributed by atoms with Gasteiger partial charge in [0.15, 0.2) is 0 Å². The van der Waals surface area contributed by atoms with Crippen molar-refractivity contribution in [1.29, 1.82) is 0 Å². The van der Waals surface area contributed by atoms with Gasteiger partial charge in [-0.15, -0.1) is 11.3 Å². The molecule has 1 aromatic rings. The van der Waals surface area contributed by atoms with Crippen molar-refractivity contribution >= 4 is 17.2 Å². The molecule has 1 amide bonds. The number of hydrogen-bond donors (Lipinski definition) is 1. The molecule has 1 aliphatic rings. The summed E-state index contributed by atoms with van der Waals surface area (Å²) in [7, 11) is 1.68. The second-order valence-corrected chi connectivity index (χ2v) is 5.89. The Labute approximate surface area is 118 Å². The van der Waals surface area contributed by atoms with E-state index in [1.54, 1.807) is 7.11 Å². The van der Waals surface area contributed by atoms with Crippen molar-refractivity contribution in [1.82, 2.24) is 10.2 Å². The maximum atomic E-state index is 11.9. The van der Waals surface area contributed by atoms with Crippen molar-refractivity contribution in [3.8, 4) is 0 Å². The molecule has 0 spiro atoms. The summed E-state index contributed by atoms with van der Waals surface area (Å²) in [6.45, 7) is 5.03. The standard InChI is InChI=1S/C14H22N2O2S/c1-11-12-5-9-19-13(12)4-7-16(11)10-14(17)15-6-3-8-18-2/h5,9,11H,3-4,6-8,10H2,1-2H3,(H,15,17)/t11-/m1/s1. The number of amides is 1. The van der Waals surface area contributed by atoms with Gasteiger partial charge < -0.3 is 10.1 Å². The molecule has 106 valence electrons. The summed E-state index contributed by atoms with van der Waals surface area (Å²) in [5, 5.41) is 5.09. The molecular weight excluding hydrogens is 260 g/mol. The van der Waals surface area contributed by atoms with Crippen molar-refractivity contribution in [2.45, 2.75) is 25.8 Å². The first-order chi connectivity index (χ1) is 9.22. The molecule has 0 radical (unpaired) electrons. The first kappa shape index (κ1) is 14.5. The summed E-state index contributed by atoms with van der Waals surface area (Å²) in [4.78, 5) is 15.6. The zero-order valence-electron chi connectivity index (χ0n) is 11.6. The highest BCUT2D eigenvalue weighted by molar-refractivity contribution is 7.10. The largest absolute Gasteiger partial charge is 0.385 e. The normalized spacial score (nSPS) is 19.2. The molecule has 0 fully saturated rings. The summed E-state index contributed by atoms with van der Waals surface area (Å²) < 4.78 is 4.96. The van der Waals surface area contributed by atoms with Crippen LogP contribution >= 0.6 is 11.3 Å². The van der Waals surface area contributed by atoms with E-state index in [0.717, 1.165) is 19.4 Å². The predicted molar refractivity (Wildman–Crippen MR) is 77.5 cm³/mol. The lowest BCUT2D eigenvalue weighted by molar-refractivity contribution is -0.122. The number of ether oxygens (including phenoxy) is 1. The van der Waals surface area contributed by atoms with Gasteiger partial charge in [-0.1, -0.05) is 0 Å². The minimum atomic E-state index is 0.113. The lowest BCUT2D eigenvalue weighted by Gasteiger charge is -2.32. The van der Waals surface area contributed by atoms with Gasteiger partial charge >= 0.3 is 0 Å². The number of carbonyl (C=O) groups is 1. The van der Waals surface area contributed by atoms with Gasteiger partial charge in [-0.25, -0.2) is 0 Å². The molecule has 1 aromatic heterocycles. The van der Waals surface area contributed by atoms with E-state index in [9.17, 15) is 4.79 Å². The third-order valence-corrected chi connectivity index (χ3v) is 4.59. The van der Waals surface area contributed by atoms with Gasteiger partial charge in [0.25, 0.3) is 0 Å². The van der Waals surface area contributed by atoms with Crippen LogP contribution < -0.4 is 5.32 Å². The van der Waals surface area contributed by atoms with Crippen LogP contribution in [0.25, 0.3) is 0 Å². The van der Waals surface area contributed by atoms with Crippen LogP contribution in [0.2, 0.25) is 0 Å². The van der Waals surface area contributed by atoms with Crippen LogP contribution in [-0.4, -0.2) is 44.2 Å². The van der Waals surface area contributed by atoms with Gasteiger partial charge in [0.05, 0.1) is 6.54 Å². The van der Waals surface area contributed by atoms with E-state index in [1.807, 2.05) is 11.3 Å². The third kappa shape index (κ3) is 3.78. The first-order valence-electron chi connectivity index (χ1n) is 6.78. The van der Waals surface area contributed by atoms with E-state index in [4.69, 9.17) is 4.74 Å². The van der Waals surface area contributed by atoms with E-state index in [-0.39, 0.29) is 5.91 Å². The Morgan fingerprint density at radius 1 is 1.63 bits per heavy atom. The summed E-state index contributed by atoms with van der Waals surface area (Å²) in [6.07, 6.45) is 1.93. The minimum absolute atomic E-state index is 0.113. The molecule has 0 saturated heterocycles. The van der Waals surface area contributed by atoms with E-state index in [2.05, 4.69) is 28.6 Å². The quantitative estimate of drug-likeness (QED) is 0.809. The molecular formula is C14H22N2O2S. The molecule has 5 heteroatoms. The van der Waals surface area contributed by atoms with Crippen molar-refractivity contribution in [2.24, 2.45) is 0 Å². The zero-order chi connectivity index (χ0) is 13.7. The smallest absolute Gasteiger partial charge is 0.234 e. The molecule has 1 aliphatic heterocycles. The fourth-order valence-corrected chi connectivity index (χ4v) is 3.42. The fraction of sp³-hybridized carbons (Fsp3) is 0.643. The van der Waals surface area contributed by atoms with Gasteiger partial charge in [0.1, 0.15) is 0 Å². The summed E-state index contributed by atoms with van der Waals surface area (Å²) in [5.41, 5.74) is 1.39. The second-order valence-electron chi connectivity index (χ2n) is 4.89. The van der Waals surface area contributed by atoms with Crippen molar-refractivity contribution in [3.05, 3.63) is 21.9 Å². The van der Waals surface area contributed by atoms with E-state index < -0.39 is 0 Å². The lowest BCUT2D eigenvalue weighted by Crippen LogP contribution is -2.41. The van der Waals surface area contributed by atoms with Crippen LogP contribution in [0.3, 0.4) is 0 Å². The van der Waals surface area contributed by atoms with Gasteiger partial charge in [0.2, 0.25) is 5.91 Å². The number of hydrogen-bond acceptors (Lipinski definition) is 4. The van der Waals surface area contributed by atoms with Gasteiger partial charge in [-0.3, -0.25) is 9.69 Å². The Balaban J connectivity index is 1.79. The highest BCUT2D eigenvalue weighted by Crippen LogP contribution is 2.32. The summed E-state index contributed by atoms with van der Waals surface area (Å²) in [5.74, 6) is 0.113. The molecule has 0 aromatic carbocycles. The topological polar surface area (TPSA) is 41.6 Å². The van der Waals surface area contributed by atoms with Crippen LogP contribution in [0.5, 0.6) is 0 Å². The Morgan fingerprint density at radius 3 is 3.26 bits per heavy atom. The molecule has 2 rings (SSSR count). The number of rotatable bonds is 6. The van der Waals surface area contributed by atoms with Crippen molar-refractivity contribution < 1.29 is 9.53 Å². The number of fused-ring (bicyclic) bond motifs is 1. The summed E-state index contributed by atoms with van der Waals surface area (Å²) in [6, 6.07) is 2.53. The van der Waals surface area contributed by atoms with Gasteiger partial charge in [-0.05, 0) is 36.8 Å². The number of nitrogens with zero attached hydrogens (tertiary/aromatic N) is 1. The molecule has 0 unspecified atom stereocenters. The minimum Gasteiger partial charge on any atom is -0.385 e. The van der Waals surface area contributed by atoms with Crippen LogP contribution in [0.1, 0.15) is 29.8 Å². The molecule has 1 N–H and O–H groups in total. The molecule has 2 heterocycles. The average Bonchev–Trinajstić information content (AvgIpc) is 2.87. The maximum absolute atomic E-state index is 11.9. The number of methoxy groups -OCH3 is 1. The zero-order valence-corrected chi connectivity index (χ0v) is 12.5. The molecule has 0 bridgehead atoms. The van der Waals surface area contributed by atoms with E-state index >= 15 is 0 Å². The second kappa shape index (κ2) is 7.03. The number of thiophene rings is 1. The van der Waals surface area contributed by atoms with Gasteiger partial charge in [-0.2, -0.15) is 0 Å². The Kier molecular flexibility index (Phi) is 5.36. The van der Waals surface area contributed by atoms with Gasteiger partial charge in [0, 0.05) is 37.7 Å². The highest BCUT2D eigenvalue weighted by atomic mass is 32.1. The van der Waals surface area contributed by atoms with Crippen LogP contribution in [0.15, 0.2) is 11.4 Å². The monoisotopic (exact) mass is 282 g/mol. The predicted octanol–water partition coefficient (Wildman–Crippen LogP) is 1.82. The Hall–Kier alpha value is -0.910. The maximum Gasteiger partial charge on any atom is 0.234 e. The first-order valence-corrected chi connectivity index (χ1v) is 7.66. The SMILES string of the molecule is COCCCNC(=O)CN1CCc2sccc2[C@H]1C. The molecule has 1 atom stereocenters. The van der Waals surface area contributed by atoms with Crippen LogP contribution in [0.4, 0.5) is 0 Å². The Morgan fingerprint density at radius 2 is 2.47 bits per heavy atom. The van der Waals surface area contributed by atoms with E-state index in [0.29, 0.717) is 25.7 Å². The van der Waals surface area contributed by atoms with Crippen molar-refractivity contribution in [2.75, 3.05) is 33.4 Å². The van der Waals surface area contributed by atoms with Crippen LogP contribution in [-0.2, 0) is 16.0 Å². The van der Waals surface area contributed by atoms with Crippen LogP contribution in [0, 0.1) is 0 Å². The van der Waals surface area contributed by atoms with E-state index in [1.165, 1.54) is 10.4 Å². The highest BCUT2D eigenvalue weighted by Gasteiger charge is 2.25. The number of carbonyl (C=O) groups excluding carboxylic acids is 1. The average molecular weight is 282 g/mol. The third-order valence-electron chi connectivity index (χ3n) is 3.60. The fourth-order valence-electron chi connectivity index (χ4n) is 2.46. The molecule has 19 heavy (non-hydrogen) atoms. The molecule has 0 saturated carbocycles. The van der Waals surface area contributed by atoms with Crippen molar-refractivity contribution in [3.63, 3.8) is 0 Å². The lowest BCUT2D eigenvalue weighted by atomic mass is 10.0. The summed E-state index contributed by atoms with van der Waals surface area (Å²) >= 11 is 1.83. The number of nitrogens with one attached hydrogen (secondary N) is 1. The molecule has 0 aliphatic carbocycles. The Bertz CT molecular complexity index is 419. The molecule has 4 nitrogen and oxygen atoms in total.